The molecule has 4 rings (SSSR count). The van der Waals surface area contributed by atoms with Crippen LogP contribution in [-0.4, -0.2) is 44.3 Å². The number of piperazine rings is 1. The second kappa shape index (κ2) is 5.26. The molecule has 0 aromatic heterocycles. The van der Waals surface area contributed by atoms with Crippen LogP contribution >= 0.6 is 0 Å². The molecule has 1 saturated heterocycles. The quantitative estimate of drug-likeness (QED) is 0.911. The minimum atomic E-state index is 0.563. The van der Waals surface area contributed by atoms with Gasteiger partial charge in [0.1, 0.15) is 13.2 Å². The van der Waals surface area contributed by atoms with Gasteiger partial charge in [0.2, 0.25) is 0 Å². The van der Waals surface area contributed by atoms with E-state index in [9.17, 15) is 0 Å². The maximum Gasteiger partial charge on any atom is 0.161 e. The van der Waals surface area contributed by atoms with Gasteiger partial charge >= 0.3 is 0 Å². The number of hydrogen-bond acceptors (Lipinski definition) is 4. The molecule has 3 aliphatic rings. The molecule has 2 aliphatic heterocycles. The predicted molar refractivity (Wildman–Crippen MR) is 77.3 cm³/mol. The predicted octanol–water partition coefficient (Wildman–Crippen LogP) is 1.81. The average Bonchev–Trinajstić information content (AvgIpc) is 3.33. The molecule has 1 saturated carbocycles. The summed E-state index contributed by atoms with van der Waals surface area (Å²) < 4.78 is 11.4. The first-order chi connectivity index (χ1) is 9.92. The highest BCUT2D eigenvalue weighted by Crippen LogP contribution is 2.46. The van der Waals surface area contributed by atoms with Gasteiger partial charge in [-0.1, -0.05) is 6.07 Å². The molecule has 1 aliphatic carbocycles. The monoisotopic (exact) mass is 274 g/mol. The Balaban J connectivity index is 1.62. The second-order valence-electron chi connectivity index (χ2n) is 5.97. The summed E-state index contributed by atoms with van der Waals surface area (Å²) in [4.78, 5) is 2.64. The van der Waals surface area contributed by atoms with Crippen molar-refractivity contribution in [1.29, 1.82) is 0 Å². The first-order valence-electron chi connectivity index (χ1n) is 7.76. The Kier molecular flexibility index (Phi) is 3.28. The minimum absolute atomic E-state index is 0.563. The fraction of sp³-hybridized carbons (Fsp3) is 0.625. The van der Waals surface area contributed by atoms with Crippen LogP contribution in [0.1, 0.15) is 24.4 Å². The molecule has 2 heterocycles. The van der Waals surface area contributed by atoms with Crippen molar-refractivity contribution in [2.45, 2.75) is 18.9 Å². The van der Waals surface area contributed by atoms with Crippen molar-refractivity contribution in [3.63, 3.8) is 0 Å². The van der Waals surface area contributed by atoms with Gasteiger partial charge in [0.05, 0.1) is 0 Å². The number of nitrogens with one attached hydrogen (secondary N) is 1. The molecule has 0 radical (unpaired) electrons. The minimum Gasteiger partial charge on any atom is -0.486 e. The van der Waals surface area contributed by atoms with Crippen molar-refractivity contribution in [3.05, 3.63) is 23.8 Å². The lowest BCUT2D eigenvalue weighted by Crippen LogP contribution is -2.45. The standard InChI is InChI=1S/C16H22N2O2/c1-2-12(1)16(18-7-5-17-6-8-18)13-3-4-14-15(11-13)20-10-9-19-14/h3-4,11-12,16-17H,1-2,5-10H2/t16-/m1/s1. The maximum absolute atomic E-state index is 5.75. The van der Waals surface area contributed by atoms with Crippen molar-refractivity contribution >= 4 is 0 Å². The van der Waals surface area contributed by atoms with Crippen molar-refractivity contribution in [2.75, 3.05) is 39.4 Å². The largest absolute Gasteiger partial charge is 0.486 e. The lowest BCUT2D eigenvalue weighted by atomic mass is 9.99. The summed E-state index contributed by atoms with van der Waals surface area (Å²) in [6, 6.07) is 7.09. The van der Waals surface area contributed by atoms with Gasteiger partial charge in [-0.25, -0.2) is 0 Å². The first kappa shape index (κ1) is 12.5. The zero-order chi connectivity index (χ0) is 13.4. The van der Waals surface area contributed by atoms with E-state index in [1.54, 1.807) is 0 Å². The Labute approximate surface area is 120 Å². The average molecular weight is 274 g/mol. The highest BCUT2D eigenvalue weighted by Gasteiger charge is 2.37. The maximum atomic E-state index is 5.75. The zero-order valence-corrected chi connectivity index (χ0v) is 11.8. The summed E-state index contributed by atoms with van der Waals surface area (Å²) in [6.07, 6.45) is 2.73. The van der Waals surface area contributed by atoms with Gasteiger partial charge in [-0.15, -0.1) is 0 Å². The van der Waals surface area contributed by atoms with Crippen molar-refractivity contribution in [2.24, 2.45) is 5.92 Å². The molecule has 108 valence electrons. The van der Waals surface area contributed by atoms with Gasteiger partial charge in [0.15, 0.2) is 11.5 Å². The first-order valence-corrected chi connectivity index (χ1v) is 7.76. The third-order valence-corrected chi connectivity index (χ3v) is 4.52. The second-order valence-corrected chi connectivity index (χ2v) is 5.97. The van der Waals surface area contributed by atoms with Crippen LogP contribution < -0.4 is 14.8 Å². The summed E-state index contributed by atoms with van der Waals surface area (Å²) in [7, 11) is 0. The Morgan fingerprint density at radius 1 is 1.05 bits per heavy atom. The van der Waals surface area contributed by atoms with Crippen molar-refractivity contribution < 1.29 is 9.47 Å². The molecular formula is C16H22N2O2. The molecule has 0 unspecified atom stereocenters. The van der Waals surface area contributed by atoms with Gasteiger partial charge in [0, 0.05) is 32.2 Å². The highest BCUT2D eigenvalue weighted by atomic mass is 16.6. The van der Waals surface area contributed by atoms with Crippen molar-refractivity contribution in [3.8, 4) is 11.5 Å². The van der Waals surface area contributed by atoms with E-state index in [1.165, 1.54) is 18.4 Å². The molecule has 0 spiro atoms. The van der Waals surface area contributed by atoms with Crippen LogP contribution in [0.5, 0.6) is 11.5 Å². The van der Waals surface area contributed by atoms with Gasteiger partial charge in [0.25, 0.3) is 0 Å². The van der Waals surface area contributed by atoms with E-state index in [2.05, 4.69) is 28.4 Å². The van der Waals surface area contributed by atoms with Crippen LogP contribution in [0, 0.1) is 5.92 Å². The van der Waals surface area contributed by atoms with Crippen LogP contribution in [0.2, 0.25) is 0 Å². The molecule has 4 heteroatoms. The number of benzene rings is 1. The van der Waals surface area contributed by atoms with E-state index < -0.39 is 0 Å². The molecule has 1 atom stereocenters. The summed E-state index contributed by atoms with van der Waals surface area (Å²) in [6.45, 7) is 5.83. The Morgan fingerprint density at radius 3 is 2.55 bits per heavy atom. The van der Waals surface area contributed by atoms with Crippen LogP contribution in [0.15, 0.2) is 18.2 Å². The molecule has 1 aromatic rings. The molecular weight excluding hydrogens is 252 g/mol. The van der Waals surface area contributed by atoms with Gasteiger partial charge in [-0.05, 0) is 36.5 Å². The van der Waals surface area contributed by atoms with E-state index in [0.29, 0.717) is 19.3 Å². The smallest absolute Gasteiger partial charge is 0.161 e. The van der Waals surface area contributed by atoms with E-state index in [-0.39, 0.29) is 0 Å². The Bertz CT molecular complexity index is 481. The van der Waals surface area contributed by atoms with Gasteiger partial charge < -0.3 is 14.8 Å². The normalized spacial score (nSPS) is 24.4. The van der Waals surface area contributed by atoms with E-state index >= 15 is 0 Å². The molecule has 4 nitrogen and oxygen atoms in total. The zero-order valence-electron chi connectivity index (χ0n) is 11.8. The number of rotatable bonds is 3. The van der Waals surface area contributed by atoms with Crippen LogP contribution in [-0.2, 0) is 0 Å². The number of ether oxygens (including phenoxy) is 2. The molecule has 1 N–H and O–H groups in total. The summed E-state index contributed by atoms with van der Waals surface area (Å²) in [5.74, 6) is 2.65. The van der Waals surface area contributed by atoms with Crippen LogP contribution in [0.25, 0.3) is 0 Å². The Hall–Kier alpha value is -1.26. The van der Waals surface area contributed by atoms with Crippen molar-refractivity contribution in [1.82, 2.24) is 10.2 Å². The SMILES string of the molecule is c1cc2c(cc1[C@@H](C1CC1)N1CCNCC1)OCCO2. The molecule has 0 bridgehead atoms. The van der Waals surface area contributed by atoms with E-state index in [0.717, 1.165) is 43.6 Å². The summed E-state index contributed by atoms with van der Waals surface area (Å²) >= 11 is 0. The van der Waals surface area contributed by atoms with Gasteiger partial charge in [-0.2, -0.15) is 0 Å². The van der Waals surface area contributed by atoms with Crippen LogP contribution in [0.4, 0.5) is 0 Å². The highest BCUT2D eigenvalue weighted by molar-refractivity contribution is 5.45. The Morgan fingerprint density at radius 2 is 1.80 bits per heavy atom. The molecule has 2 fully saturated rings. The summed E-state index contributed by atoms with van der Waals surface area (Å²) in [5.41, 5.74) is 1.40. The van der Waals surface area contributed by atoms with E-state index in [1.807, 2.05) is 0 Å². The number of hydrogen-bond donors (Lipinski definition) is 1. The molecule has 0 amide bonds. The molecule has 1 aromatic carbocycles. The summed E-state index contributed by atoms with van der Waals surface area (Å²) in [5, 5.41) is 3.44. The lowest BCUT2D eigenvalue weighted by Gasteiger charge is -2.36. The van der Waals surface area contributed by atoms with Gasteiger partial charge in [-0.3, -0.25) is 4.90 Å². The number of fused-ring (bicyclic) bond motifs is 1. The topological polar surface area (TPSA) is 33.7 Å². The fourth-order valence-electron chi connectivity index (χ4n) is 3.40. The van der Waals surface area contributed by atoms with Crippen LogP contribution in [0.3, 0.4) is 0 Å². The molecule has 20 heavy (non-hydrogen) atoms. The lowest BCUT2D eigenvalue weighted by molar-refractivity contribution is 0.152. The third-order valence-electron chi connectivity index (χ3n) is 4.52. The fourth-order valence-corrected chi connectivity index (χ4v) is 3.40. The van der Waals surface area contributed by atoms with E-state index in [4.69, 9.17) is 9.47 Å². The number of nitrogens with zero attached hydrogens (tertiary/aromatic N) is 1. The third kappa shape index (κ3) is 2.38.